The van der Waals surface area contributed by atoms with Crippen LogP contribution in [0.4, 0.5) is 0 Å². The first-order valence-electron chi connectivity index (χ1n) is 7.85. The number of hydrogen-bond acceptors (Lipinski definition) is 2. The van der Waals surface area contributed by atoms with Crippen LogP contribution in [-0.4, -0.2) is 10.4 Å². The number of nitrogens with zero attached hydrogens (tertiary/aromatic N) is 1. The molecule has 0 N–H and O–H groups in total. The predicted octanol–water partition coefficient (Wildman–Crippen LogP) is 4.12. The Labute approximate surface area is 135 Å². The maximum absolute atomic E-state index is 13.0. The van der Waals surface area contributed by atoms with Crippen molar-refractivity contribution in [2.45, 2.75) is 27.3 Å². The predicted molar refractivity (Wildman–Crippen MR) is 94.8 cm³/mol. The molecule has 0 unspecified atom stereocenters. The van der Waals surface area contributed by atoms with Gasteiger partial charge in [-0.25, -0.2) is 0 Å². The average molecular weight is 305 g/mol. The van der Waals surface area contributed by atoms with E-state index in [0.717, 1.165) is 16.7 Å². The van der Waals surface area contributed by atoms with Crippen LogP contribution in [0.3, 0.4) is 0 Å². The zero-order valence-corrected chi connectivity index (χ0v) is 13.6. The van der Waals surface area contributed by atoms with E-state index in [1.807, 2.05) is 63.3 Å². The molecule has 3 rings (SSSR count). The molecule has 2 aromatic rings. The molecule has 0 atom stereocenters. The lowest BCUT2D eigenvalue weighted by Crippen LogP contribution is -2.24. The molecule has 3 nitrogen and oxygen atoms in total. The number of rotatable bonds is 3. The number of carbonyl (C=O) groups excluding carboxylic acids is 1. The van der Waals surface area contributed by atoms with Gasteiger partial charge >= 0.3 is 0 Å². The van der Waals surface area contributed by atoms with Gasteiger partial charge in [0.1, 0.15) is 0 Å². The molecular formula is C20H19NO2. The Balaban J connectivity index is 2.54. The number of carbonyl (C=O) groups is 1. The molecule has 0 bridgehead atoms. The van der Waals surface area contributed by atoms with Crippen molar-refractivity contribution in [3.63, 3.8) is 0 Å². The van der Waals surface area contributed by atoms with Crippen molar-refractivity contribution in [2.75, 3.05) is 0 Å². The van der Waals surface area contributed by atoms with Crippen LogP contribution in [0.15, 0.2) is 58.9 Å². The zero-order chi connectivity index (χ0) is 16.6. The minimum atomic E-state index is -0.0432. The number of Topliss-reactive ketones (excluding diaryl/α,β-unsaturated/α-hetero) is 1. The van der Waals surface area contributed by atoms with Gasteiger partial charge in [0.15, 0.2) is 5.78 Å². The molecule has 0 spiro atoms. The molecule has 0 saturated carbocycles. The highest BCUT2D eigenvalue weighted by Crippen LogP contribution is 2.37. The lowest BCUT2D eigenvalue weighted by atomic mass is 10.0. The lowest BCUT2D eigenvalue weighted by Gasteiger charge is -2.13. The number of pyridine rings is 1. The van der Waals surface area contributed by atoms with Crippen LogP contribution in [0.2, 0.25) is 0 Å². The number of hydrogen-bond donors (Lipinski definition) is 0. The highest BCUT2D eigenvalue weighted by atomic mass is 16.1. The first kappa shape index (κ1) is 15.2. The fourth-order valence-corrected chi connectivity index (χ4v) is 3.26. The molecule has 116 valence electrons. The van der Waals surface area contributed by atoms with Crippen molar-refractivity contribution in [3.8, 4) is 0 Å². The number of benzene rings is 1. The summed E-state index contributed by atoms with van der Waals surface area (Å²) < 4.78 is 1.71. The van der Waals surface area contributed by atoms with Crippen LogP contribution in [0.1, 0.15) is 36.8 Å². The maximum Gasteiger partial charge on any atom is 0.258 e. The van der Waals surface area contributed by atoms with E-state index in [-0.39, 0.29) is 11.3 Å². The fourth-order valence-electron chi connectivity index (χ4n) is 3.26. The van der Waals surface area contributed by atoms with E-state index in [1.165, 1.54) is 0 Å². The van der Waals surface area contributed by atoms with Crippen LogP contribution < -0.4 is 5.56 Å². The second kappa shape index (κ2) is 5.84. The van der Waals surface area contributed by atoms with Gasteiger partial charge in [0.25, 0.3) is 5.56 Å². The number of aromatic nitrogens is 1. The lowest BCUT2D eigenvalue weighted by molar-refractivity contribution is 0.104. The van der Waals surface area contributed by atoms with Crippen molar-refractivity contribution in [1.82, 2.24) is 4.57 Å². The number of allylic oxidation sites excluding steroid dienone is 6. The minimum absolute atomic E-state index is 0.00963. The highest BCUT2D eigenvalue weighted by molar-refractivity contribution is 6.28. The molecule has 1 aliphatic rings. The van der Waals surface area contributed by atoms with Crippen LogP contribution >= 0.6 is 0 Å². The summed E-state index contributed by atoms with van der Waals surface area (Å²) in [6, 6.07) is 7.36. The van der Waals surface area contributed by atoms with Crippen molar-refractivity contribution in [3.05, 3.63) is 75.8 Å². The summed E-state index contributed by atoms with van der Waals surface area (Å²) in [5.41, 5.74) is 2.82. The molecule has 0 radical (unpaired) electrons. The molecule has 0 fully saturated rings. The van der Waals surface area contributed by atoms with E-state index in [1.54, 1.807) is 10.6 Å². The summed E-state index contributed by atoms with van der Waals surface area (Å²) in [6.07, 6.45) is 7.51. The Hall–Kier alpha value is -2.68. The first-order valence-corrected chi connectivity index (χ1v) is 7.85. The summed E-state index contributed by atoms with van der Waals surface area (Å²) in [5.74, 6) is -0.00963. The molecule has 1 heterocycles. The van der Waals surface area contributed by atoms with E-state index in [4.69, 9.17) is 0 Å². The number of ketones is 1. The third-order valence-electron chi connectivity index (χ3n) is 4.18. The van der Waals surface area contributed by atoms with Crippen LogP contribution in [0, 0.1) is 0 Å². The van der Waals surface area contributed by atoms with Gasteiger partial charge in [-0.3, -0.25) is 9.59 Å². The van der Waals surface area contributed by atoms with Crippen molar-refractivity contribution >= 4 is 22.1 Å². The summed E-state index contributed by atoms with van der Waals surface area (Å²) >= 11 is 0. The fraction of sp³-hybridized carbons (Fsp3) is 0.200. The largest absolute Gasteiger partial charge is 0.307 e. The Bertz CT molecular complexity index is 956. The molecule has 1 aliphatic carbocycles. The quantitative estimate of drug-likeness (QED) is 0.855. The third-order valence-corrected chi connectivity index (χ3v) is 4.18. The molecule has 0 saturated heterocycles. The molecule has 0 amide bonds. The number of fused-ring (bicyclic) bond motifs is 3. The van der Waals surface area contributed by atoms with Crippen LogP contribution in [0.5, 0.6) is 0 Å². The van der Waals surface area contributed by atoms with Crippen LogP contribution in [0.25, 0.3) is 16.3 Å². The van der Waals surface area contributed by atoms with Gasteiger partial charge in [-0.05, 0) is 26.8 Å². The molecule has 0 aliphatic heterocycles. The Morgan fingerprint density at radius 2 is 1.57 bits per heavy atom. The van der Waals surface area contributed by atoms with Gasteiger partial charge in [0, 0.05) is 28.5 Å². The van der Waals surface area contributed by atoms with E-state index >= 15 is 0 Å². The van der Waals surface area contributed by atoms with Gasteiger partial charge in [-0.2, -0.15) is 0 Å². The Morgan fingerprint density at radius 3 is 2.17 bits per heavy atom. The SMILES string of the molecule is C/C=C\C1=C(/C=C\C)c2c(c3ccccc3c(=O)n2CC)C1=O. The average Bonchev–Trinajstić information content (AvgIpc) is 2.82. The Kier molecular flexibility index (Phi) is 3.87. The molecule has 1 aromatic heterocycles. The van der Waals surface area contributed by atoms with Crippen LogP contribution in [-0.2, 0) is 6.54 Å². The Morgan fingerprint density at radius 1 is 0.957 bits per heavy atom. The molecule has 23 heavy (non-hydrogen) atoms. The second-order valence-electron chi connectivity index (χ2n) is 5.48. The van der Waals surface area contributed by atoms with Gasteiger partial charge in [0.2, 0.25) is 0 Å². The summed E-state index contributed by atoms with van der Waals surface area (Å²) in [4.78, 5) is 25.8. The smallest absolute Gasteiger partial charge is 0.258 e. The maximum atomic E-state index is 13.0. The van der Waals surface area contributed by atoms with Gasteiger partial charge in [-0.1, -0.05) is 42.5 Å². The summed E-state index contributed by atoms with van der Waals surface area (Å²) in [5, 5.41) is 1.34. The van der Waals surface area contributed by atoms with E-state index in [0.29, 0.717) is 23.1 Å². The van der Waals surface area contributed by atoms with Gasteiger partial charge < -0.3 is 4.57 Å². The van der Waals surface area contributed by atoms with Crippen molar-refractivity contribution in [1.29, 1.82) is 0 Å². The topological polar surface area (TPSA) is 39.1 Å². The minimum Gasteiger partial charge on any atom is -0.307 e. The highest BCUT2D eigenvalue weighted by Gasteiger charge is 2.32. The van der Waals surface area contributed by atoms with E-state index < -0.39 is 0 Å². The summed E-state index contributed by atoms with van der Waals surface area (Å²) in [6.45, 7) is 6.27. The van der Waals surface area contributed by atoms with E-state index in [9.17, 15) is 9.59 Å². The standard InChI is InChI=1S/C20H19NO2/c1-4-9-14-15(10-5-2)19(22)17-13-11-7-8-12-16(13)20(23)21(6-3)18(14)17/h4-5,7-12H,6H2,1-3H3/b9-4-,10-5-. The van der Waals surface area contributed by atoms with E-state index in [2.05, 4.69) is 0 Å². The van der Waals surface area contributed by atoms with Gasteiger partial charge in [-0.15, -0.1) is 0 Å². The van der Waals surface area contributed by atoms with Gasteiger partial charge in [0.05, 0.1) is 11.3 Å². The molecule has 3 heteroatoms. The van der Waals surface area contributed by atoms with Crippen molar-refractivity contribution < 1.29 is 4.79 Å². The van der Waals surface area contributed by atoms with Crippen molar-refractivity contribution in [2.24, 2.45) is 0 Å². The zero-order valence-electron chi connectivity index (χ0n) is 13.6. The normalized spacial score (nSPS) is 14.7. The summed E-state index contributed by atoms with van der Waals surface area (Å²) in [7, 11) is 0. The molecular weight excluding hydrogens is 286 g/mol. The second-order valence-corrected chi connectivity index (χ2v) is 5.48. The monoisotopic (exact) mass is 305 g/mol. The first-order chi connectivity index (χ1) is 11.2. The third kappa shape index (κ3) is 2.12. The molecule has 1 aromatic carbocycles.